The number of carbonyl (C=O) groups excluding carboxylic acids is 1. The van der Waals surface area contributed by atoms with Crippen LogP contribution in [0.3, 0.4) is 0 Å². The largest absolute Gasteiger partial charge is 0.490 e. The average molecular weight is 251 g/mol. The van der Waals surface area contributed by atoms with Crippen molar-refractivity contribution in [1.29, 1.82) is 0 Å². The van der Waals surface area contributed by atoms with E-state index in [9.17, 15) is 9.90 Å². The molecule has 4 nitrogen and oxygen atoms in total. The minimum Gasteiger partial charge on any atom is -0.490 e. The van der Waals surface area contributed by atoms with Crippen molar-refractivity contribution in [3.63, 3.8) is 0 Å². The number of aliphatic hydroxyl groups is 1. The molecule has 0 amide bonds. The number of hydrogen-bond donors (Lipinski definition) is 2. The van der Waals surface area contributed by atoms with E-state index in [4.69, 9.17) is 4.74 Å². The number of aliphatic hydroxyl groups excluding tert-OH is 1. The molecule has 0 bridgehead atoms. The molecule has 18 heavy (non-hydrogen) atoms. The first-order valence-electron chi connectivity index (χ1n) is 6.26. The molecule has 0 saturated heterocycles. The number of ketones is 1. The topological polar surface area (TPSA) is 58.6 Å². The van der Waals surface area contributed by atoms with E-state index in [1.807, 2.05) is 6.07 Å². The Balaban J connectivity index is 2.45. The van der Waals surface area contributed by atoms with Crippen molar-refractivity contribution in [3.8, 4) is 5.75 Å². The second-order valence-electron chi connectivity index (χ2n) is 4.22. The Morgan fingerprint density at radius 1 is 1.44 bits per heavy atom. The van der Waals surface area contributed by atoms with Crippen LogP contribution in [0.4, 0.5) is 0 Å². The van der Waals surface area contributed by atoms with Gasteiger partial charge in [0, 0.05) is 6.54 Å². The van der Waals surface area contributed by atoms with Gasteiger partial charge in [0.1, 0.15) is 18.5 Å². The minimum absolute atomic E-state index is 0.0378. The van der Waals surface area contributed by atoms with E-state index in [1.165, 1.54) is 6.92 Å². The van der Waals surface area contributed by atoms with E-state index in [2.05, 4.69) is 12.2 Å². The summed E-state index contributed by atoms with van der Waals surface area (Å²) in [7, 11) is 0. The van der Waals surface area contributed by atoms with Crippen LogP contribution < -0.4 is 10.1 Å². The molecule has 0 aliphatic rings. The number of carbonyl (C=O) groups is 1. The van der Waals surface area contributed by atoms with Crippen LogP contribution in [0.1, 0.15) is 30.6 Å². The molecule has 1 rings (SSSR count). The fourth-order valence-corrected chi connectivity index (χ4v) is 1.57. The van der Waals surface area contributed by atoms with Crippen LogP contribution in [0, 0.1) is 0 Å². The van der Waals surface area contributed by atoms with Gasteiger partial charge in [0.15, 0.2) is 5.78 Å². The van der Waals surface area contributed by atoms with Gasteiger partial charge in [-0.15, -0.1) is 0 Å². The van der Waals surface area contributed by atoms with Crippen LogP contribution in [-0.2, 0) is 0 Å². The van der Waals surface area contributed by atoms with E-state index in [0.29, 0.717) is 17.9 Å². The van der Waals surface area contributed by atoms with Crippen molar-refractivity contribution in [1.82, 2.24) is 5.32 Å². The summed E-state index contributed by atoms with van der Waals surface area (Å²) in [5.74, 6) is 0.490. The van der Waals surface area contributed by atoms with E-state index in [-0.39, 0.29) is 12.4 Å². The molecule has 100 valence electrons. The molecule has 4 heteroatoms. The highest BCUT2D eigenvalue weighted by atomic mass is 16.5. The Labute approximate surface area is 108 Å². The zero-order chi connectivity index (χ0) is 13.4. The quantitative estimate of drug-likeness (QED) is 0.544. The van der Waals surface area contributed by atoms with E-state index in [0.717, 1.165) is 13.0 Å². The molecule has 0 heterocycles. The number of nitrogens with one attached hydrogen (secondary N) is 1. The normalized spacial score (nSPS) is 12.2. The Morgan fingerprint density at radius 2 is 2.17 bits per heavy atom. The molecule has 1 unspecified atom stereocenters. The molecule has 1 aromatic carbocycles. The number of ether oxygens (including phenoxy) is 1. The highest BCUT2D eigenvalue weighted by molar-refractivity contribution is 5.96. The third-order valence-corrected chi connectivity index (χ3v) is 2.50. The summed E-state index contributed by atoms with van der Waals surface area (Å²) < 4.78 is 5.48. The smallest absolute Gasteiger partial charge is 0.163 e. The van der Waals surface area contributed by atoms with Crippen molar-refractivity contribution >= 4 is 5.78 Å². The fourth-order valence-electron chi connectivity index (χ4n) is 1.57. The Morgan fingerprint density at radius 3 is 2.83 bits per heavy atom. The molecular weight excluding hydrogens is 230 g/mol. The molecule has 1 aromatic rings. The SMILES string of the molecule is CCCNCC(O)COc1ccccc1C(C)=O. The third kappa shape index (κ3) is 4.85. The van der Waals surface area contributed by atoms with Gasteiger partial charge >= 0.3 is 0 Å². The zero-order valence-corrected chi connectivity index (χ0v) is 11.0. The Kier molecular flexibility index (Phi) is 6.39. The van der Waals surface area contributed by atoms with Gasteiger partial charge in [-0.2, -0.15) is 0 Å². The van der Waals surface area contributed by atoms with Crippen LogP contribution in [0.15, 0.2) is 24.3 Å². The summed E-state index contributed by atoms with van der Waals surface area (Å²) in [6.45, 7) is 5.12. The van der Waals surface area contributed by atoms with Gasteiger partial charge in [-0.1, -0.05) is 19.1 Å². The first-order chi connectivity index (χ1) is 8.65. The molecule has 0 spiro atoms. The second kappa shape index (κ2) is 7.84. The molecule has 2 N–H and O–H groups in total. The summed E-state index contributed by atoms with van der Waals surface area (Å²) in [6.07, 6.45) is 0.456. The maximum atomic E-state index is 11.4. The van der Waals surface area contributed by atoms with Gasteiger partial charge in [-0.3, -0.25) is 4.79 Å². The number of rotatable bonds is 8. The molecule has 0 radical (unpaired) electrons. The van der Waals surface area contributed by atoms with E-state index in [1.54, 1.807) is 18.2 Å². The van der Waals surface area contributed by atoms with E-state index < -0.39 is 6.10 Å². The lowest BCUT2D eigenvalue weighted by Crippen LogP contribution is -2.31. The Bertz CT molecular complexity index is 379. The van der Waals surface area contributed by atoms with Crippen LogP contribution in [0.5, 0.6) is 5.75 Å². The van der Waals surface area contributed by atoms with Crippen molar-refractivity contribution in [2.24, 2.45) is 0 Å². The van der Waals surface area contributed by atoms with Gasteiger partial charge in [0.2, 0.25) is 0 Å². The monoisotopic (exact) mass is 251 g/mol. The zero-order valence-electron chi connectivity index (χ0n) is 11.0. The van der Waals surface area contributed by atoms with Gasteiger partial charge in [-0.05, 0) is 32.0 Å². The van der Waals surface area contributed by atoms with Crippen LogP contribution in [-0.4, -0.2) is 36.7 Å². The molecule has 1 atom stereocenters. The maximum Gasteiger partial charge on any atom is 0.163 e. The van der Waals surface area contributed by atoms with Gasteiger partial charge in [0.05, 0.1) is 5.56 Å². The predicted molar refractivity (Wildman–Crippen MR) is 71.1 cm³/mol. The molecule has 0 aromatic heterocycles. The van der Waals surface area contributed by atoms with Crippen molar-refractivity contribution in [3.05, 3.63) is 29.8 Å². The van der Waals surface area contributed by atoms with Crippen molar-refractivity contribution in [2.75, 3.05) is 19.7 Å². The first-order valence-corrected chi connectivity index (χ1v) is 6.26. The van der Waals surface area contributed by atoms with Crippen LogP contribution >= 0.6 is 0 Å². The van der Waals surface area contributed by atoms with Gasteiger partial charge in [0.25, 0.3) is 0 Å². The maximum absolute atomic E-state index is 11.4. The number of hydrogen-bond acceptors (Lipinski definition) is 4. The summed E-state index contributed by atoms with van der Waals surface area (Å²) in [5, 5.41) is 12.8. The number of para-hydroxylation sites is 1. The summed E-state index contributed by atoms with van der Waals surface area (Å²) in [6, 6.07) is 7.06. The van der Waals surface area contributed by atoms with Crippen LogP contribution in [0.25, 0.3) is 0 Å². The molecule has 0 fully saturated rings. The average Bonchev–Trinajstić information content (AvgIpc) is 2.37. The number of Topliss-reactive ketones (excluding diaryl/α,β-unsaturated/α-hetero) is 1. The molecule has 0 aliphatic heterocycles. The second-order valence-corrected chi connectivity index (χ2v) is 4.22. The minimum atomic E-state index is -0.573. The summed E-state index contributed by atoms with van der Waals surface area (Å²) in [5.41, 5.74) is 0.547. The third-order valence-electron chi connectivity index (χ3n) is 2.50. The summed E-state index contributed by atoms with van der Waals surface area (Å²) in [4.78, 5) is 11.4. The lowest BCUT2D eigenvalue weighted by Gasteiger charge is -2.14. The van der Waals surface area contributed by atoms with Gasteiger partial charge < -0.3 is 15.2 Å². The Hall–Kier alpha value is -1.39. The molecular formula is C14H21NO3. The first kappa shape index (κ1) is 14.7. The number of benzene rings is 1. The molecule has 0 saturated carbocycles. The molecule has 0 aliphatic carbocycles. The van der Waals surface area contributed by atoms with Crippen LogP contribution in [0.2, 0.25) is 0 Å². The van der Waals surface area contributed by atoms with Crippen molar-refractivity contribution in [2.45, 2.75) is 26.4 Å². The lowest BCUT2D eigenvalue weighted by molar-refractivity contribution is 0.0974. The van der Waals surface area contributed by atoms with Gasteiger partial charge in [-0.25, -0.2) is 0 Å². The highest BCUT2D eigenvalue weighted by Gasteiger charge is 2.09. The van der Waals surface area contributed by atoms with Crippen molar-refractivity contribution < 1.29 is 14.6 Å². The van der Waals surface area contributed by atoms with E-state index >= 15 is 0 Å². The highest BCUT2D eigenvalue weighted by Crippen LogP contribution is 2.18. The standard InChI is InChI=1S/C14H21NO3/c1-3-8-15-9-12(17)10-18-14-7-5-4-6-13(14)11(2)16/h4-7,12,15,17H,3,8-10H2,1-2H3. The lowest BCUT2D eigenvalue weighted by atomic mass is 10.1. The summed E-state index contributed by atoms with van der Waals surface area (Å²) >= 11 is 0. The fraction of sp³-hybridized carbons (Fsp3) is 0.500. The predicted octanol–water partition coefficient (Wildman–Crippen LogP) is 1.63.